The van der Waals surface area contributed by atoms with E-state index in [1.165, 1.54) is 18.2 Å². The average Bonchev–Trinajstić information content (AvgIpc) is 2.61. The second-order valence-electron chi connectivity index (χ2n) is 5.36. The topological polar surface area (TPSA) is 93.5 Å². The Morgan fingerprint density at radius 2 is 1.88 bits per heavy atom. The molecule has 0 bridgehead atoms. The van der Waals surface area contributed by atoms with Crippen LogP contribution in [0.1, 0.15) is 6.92 Å². The minimum Gasteiger partial charge on any atom is -0.479 e. The van der Waals surface area contributed by atoms with Crippen LogP contribution in [0.5, 0.6) is 5.75 Å². The SMILES string of the molecule is C[C@H](Oc1ccc(Cl)cc1Cl)C(=O)NCCNc1ccc([N+](=O)[O-])cc1. The number of amides is 1. The maximum Gasteiger partial charge on any atom is 0.269 e. The summed E-state index contributed by atoms with van der Waals surface area (Å²) in [6.07, 6.45) is -0.729. The Balaban J connectivity index is 1.74. The molecule has 1 atom stereocenters. The fourth-order valence-electron chi connectivity index (χ4n) is 2.05. The van der Waals surface area contributed by atoms with Gasteiger partial charge < -0.3 is 15.4 Å². The highest BCUT2D eigenvalue weighted by molar-refractivity contribution is 6.35. The third-order valence-corrected chi connectivity index (χ3v) is 3.93. The van der Waals surface area contributed by atoms with E-state index >= 15 is 0 Å². The number of ether oxygens (including phenoxy) is 1. The summed E-state index contributed by atoms with van der Waals surface area (Å²) in [4.78, 5) is 22.2. The van der Waals surface area contributed by atoms with Gasteiger partial charge in [-0.1, -0.05) is 23.2 Å². The minimum atomic E-state index is -0.729. The second-order valence-corrected chi connectivity index (χ2v) is 6.20. The quantitative estimate of drug-likeness (QED) is 0.400. The van der Waals surface area contributed by atoms with E-state index in [-0.39, 0.29) is 11.6 Å². The molecule has 2 N–H and O–H groups in total. The van der Waals surface area contributed by atoms with Gasteiger partial charge in [-0.15, -0.1) is 0 Å². The molecule has 26 heavy (non-hydrogen) atoms. The standard InChI is InChI=1S/C17H17Cl2N3O4/c1-11(26-16-7-2-12(18)10-15(16)19)17(23)21-9-8-20-13-3-5-14(6-4-13)22(24)25/h2-7,10-11,20H,8-9H2,1H3,(H,21,23)/t11-/m0/s1. The number of nitrogens with one attached hydrogen (secondary N) is 2. The summed E-state index contributed by atoms with van der Waals surface area (Å²) >= 11 is 11.8. The number of carbonyl (C=O) groups excluding carboxylic acids is 1. The number of nitrogens with zero attached hydrogens (tertiary/aromatic N) is 1. The molecule has 0 saturated heterocycles. The van der Waals surface area contributed by atoms with Gasteiger partial charge >= 0.3 is 0 Å². The van der Waals surface area contributed by atoms with Crippen molar-refractivity contribution in [3.63, 3.8) is 0 Å². The fourth-order valence-corrected chi connectivity index (χ4v) is 2.51. The minimum absolute atomic E-state index is 0.0238. The molecule has 0 aromatic heterocycles. The summed E-state index contributed by atoms with van der Waals surface area (Å²) in [6, 6.07) is 10.8. The molecule has 0 heterocycles. The van der Waals surface area contributed by atoms with Gasteiger partial charge in [0.15, 0.2) is 6.10 Å². The summed E-state index contributed by atoms with van der Waals surface area (Å²) in [6.45, 7) is 2.43. The van der Waals surface area contributed by atoms with Crippen molar-refractivity contribution in [2.24, 2.45) is 0 Å². The number of nitro groups is 1. The molecule has 0 spiro atoms. The van der Waals surface area contributed by atoms with Gasteiger partial charge in [0.1, 0.15) is 5.75 Å². The highest BCUT2D eigenvalue weighted by atomic mass is 35.5. The van der Waals surface area contributed by atoms with E-state index in [1.54, 1.807) is 31.2 Å². The van der Waals surface area contributed by atoms with Crippen LogP contribution in [0.4, 0.5) is 11.4 Å². The molecule has 2 aromatic carbocycles. The maximum atomic E-state index is 12.0. The van der Waals surface area contributed by atoms with E-state index in [2.05, 4.69) is 10.6 Å². The Labute approximate surface area is 160 Å². The summed E-state index contributed by atoms with van der Waals surface area (Å²) in [5.41, 5.74) is 0.748. The fraction of sp³-hybridized carbons (Fsp3) is 0.235. The van der Waals surface area contributed by atoms with Gasteiger partial charge in [0, 0.05) is 35.9 Å². The normalized spacial score (nSPS) is 11.5. The number of rotatable bonds is 8. The van der Waals surface area contributed by atoms with E-state index in [0.717, 1.165) is 5.69 Å². The zero-order valence-corrected chi connectivity index (χ0v) is 15.4. The molecule has 2 aromatic rings. The van der Waals surface area contributed by atoms with E-state index in [4.69, 9.17) is 27.9 Å². The number of hydrogen-bond donors (Lipinski definition) is 2. The summed E-state index contributed by atoms with van der Waals surface area (Å²) in [5.74, 6) is 0.0873. The first kappa shape index (κ1) is 19.8. The first-order chi connectivity index (χ1) is 12.4. The molecule has 0 aliphatic carbocycles. The predicted molar refractivity (Wildman–Crippen MR) is 101 cm³/mol. The van der Waals surface area contributed by atoms with Gasteiger partial charge in [0.25, 0.3) is 11.6 Å². The first-order valence-corrected chi connectivity index (χ1v) is 8.50. The van der Waals surface area contributed by atoms with Gasteiger partial charge in [-0.25, -0.2) is 0 Å². The number of carbonyl (C=O) groups is 1. The van der Waals surface area contributed by atoms with Crippen molar-refractivity contribution in [3.05, 3.63) is 62.6 Å². The molecule has 0 saturated carbocycles. The van der Waals surface area contributed by atoms with Crippen molar-refractivity contribution in [3.8, 4) is 5.75 Å². The number of nitro benzene ring substituents is 1. The van der Waals surface area contributed by atoms with Crippen LogP contribution in [0.15, 0.2) is 42.5 Å². The van der Waals surface area contributed by atoms with E-state index in [1.807, 2.05) is 0 Å². The van der Waals surface area contributed by atoms with Crippen molar-refractivity contribution >= 4 is 40.5 Å². The van der Waals surface area contributed by atoms with Crippen molar-refractivity contribution < 1.29 is 14.5 Å². The monoisotopic (exact) mass is 397 g/mol. The van der Waals surface area contributed by atoms with Gasteiger partial charge in [0.2, 0.25) is 0 Å². The Morgan fingerprint density at radius 1 is 1.19 bits per heavy atom. The van der Waals surface area contributed by atoms with Crippen LogP contribution < -0.4 is 15.4 Å². The molecule has 0 aliphatic rings. The lowest BCUT2D eigenvalue weighted by Gasteiger charge is -2.16. The van der Waals surface area contributed by atoms with Gasteiger partial charge in [-0.2, -0.15) is 0 Å². The molecule has 0 fully saturated rings. The number of benzene rings is 2. The Hall–Kier alpha value is -2.51. The molecule has 7 nitrogen and oxygen atoms in total. The highest BCUT2D eigenvalue weighted by Crippen LogP contribution is 2.28. The Morgan fingerprint density at radius 3 is 2.50 bits per heavy atom. The van der Waals surface area contributed by atoms with Gasteiger partial charge in [-0.3, -0.25) is 14.9 Å². The maximum absolute atomic E-state index is 12.0. The number of non-ortho nitro benzene ring substituents is 1. The molecular weight excluding hydrogens is 381 g/mol. The van der Waals surface area contributed by atoms with Crippen LogP contribution in [0.25, 0.3) is 0 Å². The van der Waals surface area contributed by atoms with Crippen LogP contribution in [0.2, 0.25) is 10.0 Å². The number of halogens is 2. The van der Waals surface area contributed by atoms with Crippen molar-refractivity contribution in [2.45, 2.75) is 13.0 Å². The molecule has 2 rings (SSSR count). The lowest BCUT2D eigenvalue weighted by Crippen LogP contribution is -2.38. The van der Waals surface area contributed by atoms with Crippen molar-refractivity contribution in [2.75, 3.05) is 18.4 Å². The summed E-state index contributed by atoms with van der Waals surface area (Å²) in [5, 5.41) is 17.2. The molecule has 9 heteroatoms. The van der Waals surface area contributed by atoms with Crippen LogP contribution >= 0.6 is 23.2 Å². The Bertz CT molecular complexity index is 784. The van der Waals surface area contributed by atoms with Gasteiger partial charge in [-0.05, 0) is 37.3 Å². The molecular formula is C17H17Cl2N3O4. The first-order valence-electron chi connectivity index (χ1n) is 7.74. The highest BCUT2D eigenvalue weighted by Gasteiger charge is 2.15. The summed E-state index contributed by atoms with van der Waals surface area (Å²) in [7, 11) is 0. The van der Waals surface area contributed by atoms with Crippen LogP contribution in [-0.2, 0) is 4.79 Å². The van der Waals surface area contributed by atoms with Crippen LogP contribution in [0, 0.1) is 10.1 Å². The Kier molecular flexibility index (Phi) is 7.06. The van der Waals surface area contributed by atoms with Crippen LogP contribution in [-0.4, -0.2) is 30.0 Å². The lowest BCUT2D eigenvalue weighted by molar-refractivity contribution is -0.384. The molecule has 0 radical (unpaired) electrons. The number of anilines is 1. The second kappa shape index (κ2) is 9.26. The smallest absolute Gasteiger partial charge is 0.269 e. The van der Waals surface area contributed by atoms with Crippen molar-refractivity contribution in [1.29, 1.82) is 0 Å². The van der Waals surface area contributed by atoms with Crippen molar-refractivity contribution in [1.82, 2.24) is 5.32 Å². The molecule has 1 amide bonds. The third-order valence-electron chi connectivity index (χ3n) is 3.40. The van der Waals surface area contributed by atoms with E-state index in [0.29, 0.717) is 28.9 Å². The zero-order valence-electron chi connectivity index (χ0n) is 13.9. The average molecular weight is 398 g/mol. The largest absolute Gasteiger partial charge is 0.479 e. The zero-order chi connectivity index (χ0) is 19.1. The third kappa shape index (κ3) is 5.79. The van der Waals surface area contributed by atoms with E-state index in [9.17, 15) is 14.9 Å². The van der Waals surface area contributed by atoms with E-state index < -0.39 is 11.0 Å². The predicted octanol–water partition coefficient (Wildman–Crippen LogP) is 3.90. The lowest BCUT2D eigenvalue weighted by atomic mass is 10.3. The van der Waals surface area contributed by atoms with Gasteiger partial charge in [0.05, 0.1) is 9.95 Å². The molecule has 138 valence electrons. The molecule has 0 aliphatic heterocycles. The number of hydrogen-bond acceptors (Lipinski definition) is 5. The molecule has 0 unspecified atom stereocenters. The van der Waals surface area contributed by atoms with Crippen LogP contribution in [0.3, 0.4) is 0 Å². The summed E-state index contributed by atoms with van der Waals surface area (Å²) < 4.78 is 5.53.